The molecule has 0 bridgehead atoms. The van der Waals surface area contributed by atoms with E-state index >= 15 is 0 Å². The molecule has 2 N–H and O–H groups in total. The monoisotopic (exact) mass is 389 g/mol. The van der Waals surface area contributed by atoms with Gasteiger partial charge in [0.25, 0.3) is 5.91 Å². The minimum absolute atomic E-state index is 0.0219. The van der Waals surface area contributed by atoms with E-state index in [1.165, 1.54) is 21.2 Å². The minimum atomic E-state index is -1.16. The predicted molar refractivity (Wildman–Crippen MR) is 95.8 cm³/mol. The van der Waals surface area contributed by atoms with Gasteiger partial charge in [-0.3, -0.25) is 19.1 Å². The normalized spacial score (nSPS) is 21.8. The lowest BCUT2D eigenvalue weighted by Gasteiger charge is -2.49. The van der Waals surface area contributed by atoms with Crippen LogP contribution in [0.2, 0.25) is 0 Å². The number of hydrogen-bond donors (Lipinski definition) is 2. The van der Waals surface area contributed by atoms with Crippen LogP contribution < -0.4 is 11.1 Å². The molecule has 2 aliphatic heterocycles. The Kier molecular flexibility index (Phi) is 4.06. The van der Waals surface area contributed by atoms with Gasteiger partial charge in [-0.25, -0.2) is 9.59 Å². The summed E-state index contributed by atoms with van der Waals surface area (Å²) in [5, 5.41) is 11.5. The summed E-state index contributed by atoms with van der Waals surface area (Å²) in [6, 6.07) is 5.90. The largest absolute Gasteiger partial charge is 0.477 e. The highest BCUT2D eigenvalue weighted by molar-refractivity contribution is 8.00. The second kappa shape index (κ2) is 6.31. The minimum Gasteiger partial charge on any atom is -0.477 e. The van der Waals surface area contributed by atoms with Gasteiger partial charge >= 0.3 is 11.7 Å². The van der Waals surface area contributed by atoms with E-state index in [0.717, 1.165) is 0 Å². The fraction of sp³-hybridized carbons (Fsp3) is 0.294. The molecular formula is C17H15N3O6S. The number of β-lactam (4-membered cyclic amide) rings is 1. The molecule has 1 saturated heterocycles. The quantitative estimate of drug-likeness (QED) is 0.724. The van der Waals surface area contributed by atoms with Gasteiger partial charge in [0.2, 0.25) is 5.91 Å². The number of nitrogens with one attached hydrogen (secondary N) is 1. The van der Waals surface area contributed by atoms with Crippen molar-refractivity contribution in [3.05, 3.63) is 46.1 Å². The molecule has 1 aromatic carbocycles. The summed E-state index contributed by atoms with van der Waals surface area (Å²) in [5.74, 6) is -2.35. The molecule has 2 aliphatic rings. The molecule has 1 aromatic heterocycles. The first-order valence-electron chi connectivity index (χ1n) is 8.14. The number of carboxylic acid groups (broad SMARTS) is 1. The fourth-order valence-electron chi connectivity index (χ4n) is 3.30. The van der Waals surface area contributed by atoms with E-state index in [1.54, 1.807) is 31.2 Å². The van der Waals surface area contributed by atoms with Gasteiger partial charge in [0.15, 0.2) is 5.58 Å². The van der Waals surface area contributed by atoms with Crippen molar-refractivity contribution in [2.24, 2.45) is 0 Å². The van der Waals surface area contributed by atoms with Crippen LogP contribution in [-0.4, -0.2) is 49.5 Å². The molecule has 140 valence electrons. The first-order valence-corrected chi connectivity index (χ1v) is 9.19. The summed E-state index contributed by atoms with van der Waals surface area (Å²) < 4.78 is 6.27. The molecule has 0 spiro atoms. The molecule has 10 heteroatoms. The van der Waals surface area contributed by atoms with Crippen LogP contribution in [0.3, 0.4) is 0 Å². The average molecular weight is 389 g/mol. The fourth-order valence-corrected chi connectivity index (χ4v) is 4.59. The molecule has 4 rings (SSSR count). The van der Waals surface area contributed by atoms with Crippen molar-refractivity contribution in [2.75, 3.05) is 5.75 Å². The highest BCUT2D eigenvalue weighted by Gasteiger charge is 2.53. The molecular weight excluding hydrogens is 374 g/mol. The lowest BCUT2D eigenvalue weighted by Crippen LogP contribution is -2.70. The van der Waals surface area contributed by atoms with Gasteiger partial charge in [-0.05, 0) is 24.6 Å². The number of carbonyl (C=O) groups excluding carboxylic acids is 2. The summed E-state index contributed by atoms with van der Waals surface area (Å²) in [6.07, 6.45) is 0. The Labute approximate surface area is 156 Å². The van der Waals surface area contributed by atoms with Gasteiger partial charge in [0.05, 0.1) is 5.52 Å². The predicted octanol–water partition coefficient (Wildman–Crippen LogP) is 0.353. The molecule has 9 nitrogen and oxygen atoms in total. The standard InChI is InChI=1S/C17H15N3O6S/c1-8-7-27-15-12(14(22)20(15)13(8)16(23)24)18-11(21)6-19-9-4-2-3-5-10(9)26-17(19)25/h2-5,12,15H,6-7H2,1H3,(H,18,21)(H,23,24)/t12-,15-/m0/s1. The molecule has 2 atom stereocenters. The zero-order valence-corrected chi connectivity index (χ0v) is 15.0. The number of oxazole rings is 1. The number of aromatic nitrogens is 1. The summed E-state index contributed by atoms with van der Waals surface area (Å²) in [7, 11) is 0. The number of para-hydroxylation sites is 2. The number of rotatable bonds is 4. The zero-order chi connectivity index (χ0) is 19.3. The number of thioether (sulfide) groups is 1. The lowest BCUT2D eigenvalue weighted by molar-refractivity contribution is -0.150. The van der Waals surface area contributed by atoms with Gasteiger partial charge < -0.3 is 14.8 Å². The van der Waals surface area contributed by atoms with Gasteiger partial charge in [0, 0.05) is 5.75 Å². The van der Waals surface area contributed by atoms with Gasteiger partial charge in [-0.15, -0.1) is 11.8 Å². The van der Waals surface area contributed by atoms with Crippen LogP contribution in [-0.2, 0) is 20.9 Å². The van der Waals surface area contributed by atoms with Crippen LogP contribution in [0.15, 0.2) is 44.7 Å². The van der Waals surface area contributed by atoms with Crippen molar-refractivity contribution in [2.45, 2.75) is 24.9 Å². The van der Waals surface area contributed by atoms with Crippen molar-refractivity contribution in [3.8, 4) is 0 Å². The van der Waals surface area contributed by atoms with Gasteiger partial charge in [-0.1, -0.05) is 12.1 Å². The summed E-state index contributed by atoms with van der Waals surface area (Å²) in [5.41, 5.74) is 1.44. The third kappa shape index (κ3) is 2.72. The second-order valence-corrected chi connectivity index (χ2v) is 7.42. The number of fused-ring (bicyclic) bond motifs is 2. The Morgan fingerprint density at radius 1 is 1.33 bits per heavy atom. The molecule has 0 unspecified atom stereocenters. The van der Waals surface area contributed by atoms with Crippen LogP contribution in [0, 0.1) is 0 Å². The maximum absolute atomic E-state index is 12.4. The van der Waals surface area contributed by atoms with Crippen molar-refractivity contribution in [3.63, 3.8) is 0 Å². The van der Waals surface area contributed by atoms with E-state index in [2.05, 4.69) is 5.32 Å². The van der Waals surface area contributed by atoms with E-state index < -0.39 is 35.0 Å². The molecule has 3 heterocycles. The highest BCUT2D eigenvalue weighted by Crippen LogP contribution is 2.40. The van der Waals surface area contributed by atoms with E-state index in [1.807, 2.05) is 0 Å². The van der Waals surface area contributed by atoms with Crippen molar-refractivity contribution < 1.29 is 23.9 Å². The number of hydrogen-bond acceptors (Lipinski definition) is 6. The van der Waals surface area contributed by atoms with E-state index in [-0.39, 0.29) is 12.2 Å². The van der Waals surface area contributed by atoms with Gasteiger partial charge in [0.1, 0.15) is 23.7 Å². The highest BCUT2D eigenvalue weighted by atomic mass is 32.2. The number of benzene rings is 1. The van der Waals surface area contributed by atoms with Crippen LogP contribution in [0.1, 0.15) is 6.92 Å². The molecule has 0 radical (unpaired) electrons. The summed E-state index contributed by atoms with van der Waals surface area (Å²) in [6.45, 7) is 1.37. The third-order valence-corrected chi connectivity index (χ3v) is 5.98. The Morgan fingerprint density at radius 3 is 2.81 bits per heavy atom. The van der Waals surface area contributed by atoms with Crippen molar-refractivity contribution in [1.29, 1.82) is 0 Å². The molecule has 0 saturated carbocycles. The van der Waals surface area contributed by atoms with Gasteiger partial charge in [-0.2, -0.15) is 0 Å². The third-order valence-electron chi connectivity index (χ3n) is 4.55. The SMILES string of the molecule is CC1=C(C(=O)O)N2C(=O)[C@H](NC(=O)Cn3c(=O)oc4ccccc43)[C@@H]2SC1. The Morgan fingerprint density at radius 2 is 2.07 bits per heavy atom. The van der Waals surface area contributed by atoms with Crippen molar-refractivity contribution >= 4 is 40.6 Å². The number of aliphatic carboxylic acids is 1. The zero-order valence-electron chi connectivity index (χ0n) is 14.2. The maximum Gasteiger partial charge on any atom is 0.420 e. The second-order valence-electron chi connectivity index (χ2n) is 6.31. The van der Waals surface area contributed by atoms with Crippen LogP contribution in [0.5, 0.6) is 0 Å². The van der Waals surface area contributed by atoms with Crippen LogP contribution in [0.4, 0.5) is 0 Å². The average Bonchev–Trinajstić information content (AvgIpc) is 2.94. The Hall–Kier alpha value is -3.01. The Bertz CT molecular complexity index is 1070. The molecule has 0 aliphatic carbocycles. The van der Waals surface area contributed by atoms with Crippen LogP contribution in [0.25, 0.3) is 11.1 Å². The lowest BCUT2D eigenvalue weighted by atomic mass is 10.0. The topological polar surface area (TPSA) is 122 Å². The summed E-state index contributed by atoms with van der Waals surface area (Å²) >= 11 is 1.39. The van der Waals surface area contributed by atoms with Crippen molar-refractivity contribution in [1.82, 2.24) is 14.8 Å². The number of nitrogens with zero attached hydrogens (tertiary/aromatic N) is 2. The molecule has 2 aromatic rings. The molecule has 2 amide bonds. The number of carboxylic acids is 1. The smallest absolute Gasteiger partial charge is 0.420 e. The molecule has 1 fully saturated rings. The van der Waals surface area contributed by atoms with E-state index in [0.29, 0.717) is 22.4 Å². The number of amides is 2. The van der Waals surface area contributed by atoms with Crippen LogP contribution >= 0.6 is 11.8 Å². The first-order chi connectivity index (χ1) is 12.9. The maximum atomic E-state index is 12.4. The molecule has 27 heavy (non-hydrogen) atoms. The Balaban J connectivity index is 1.50. The summed E-state index contributed by atoms with van der Waals surface area (Å²) in [4.78, 5) is 49.3. The first kappa shape index (κ1) is 17.4. The van der Waals surface area contributed by atoms with E-state index in [4.69, 9.17) is 4.42 Å². The number of carbonyl (C=O) groups is 3. The van der Waals surface area contributed by atoms with E-state index in [9.17, 15) is 24.3 Å².